The first-order chi connectivity index (χ1) is 12.4. The molecule has 1 atom stereocenters. The second-order valence-corrected chi connectivity index (χ2v) is 8.24. The van der Waals surface area contributed by atoms with Crippen molar-refractivity contribution in [3.05, 3.63) is 77.1 Å². The van der Waals surface area contributed by atoms with Crippen LogP contribution < -0.4 is 5.32 Å². The molecule has 26 heavy (non-hydrogen) atoms. The molecular formula is C23H24N2O. The second-order valence-electron chi connectivity index (χ2n) is 8.24. The Morgan fingerprint density at radius 3 is 2.54 bits per heavy atom. The van der Waals surface area contributed by atoms with Crippen LogP contribution in [0, 0.1) is 5.41 Å². The number of anilines is 1. The van der Waals surface area contributed by atoms with Crippen molar-refractivity contribution in [2.24, 2.45) is 5.41 Å². The smallest absolute Gasteiger partial charge is 0.162 e. The Kier molecular flexibility index (Phi) is 3.65. The molecule has 1 aliphatic carbocycles. The normalized spacial score (nSPS) is 23.7. The highest BCUT2D eigenvalue weighted by Crippen LogP contribution is 2.52. The summed E-state index contributed by atoms with van der Waals surface area (Å²) in [6.07, 6.45) is 5.06. The molecule has 3 heteroatoms. The number of aromatic nitrogens is 1. The van der Waals surface area contributed by atoms with Gasteiger partial charge in [0.05, 0.1) is 5.41 Å². The molecule has 0 fully saturated rings. The van der Waals surface area contributed by atoms with E-state index in [4.69, 9.17) is 0 Å². The predicted octanol–water partition coefficient (Wildman–Crippen LogP) is 5.10. The summed E-state index contributed by atoms with van der Waals surface area (Å²) < 4.78 is 0. The molecule has 132 valence electrons. The van der Waals surface area contributed by atoms with Gasteiger partial charge in [-0.3, -0.25) is 4.79 Å². The van der Waals surface area contributed by atoms with Crippen LogP contribution in [0.25, 0.3) is 6.08 Å². The average Bonchev–Trinajstić information content (AvgIpc) is 2.60. The molecule has 2 heterocycles. The number of fused-ring (bicyclic) bond motifs is 1. The molecule has 0 saturated heterocycles. The molecular weight excluding hydrogens is 320 g/mol. The van der Waals surface area contributed by atoms with Gasteiger partial charge in [-0.2, -0.15) is 0 Å². The van der Waals surface area contributed by atoms with Crippen molar-refractivity contribution in [1.29, 1.82) is 0 Å². The van der Waals surface area contributed by atoms with Gasteiger partial charge < -0.3 is 5.32 Å². The van der Waals surface area contributed by atoms with Gasteiger partial charge in [-0.1, -0.05) is 56.8 Å². The molecule has 1 aliphatic heterocycles. The van der Waals surface area contributed by atoms with Crippen molar-refractivity contribution in [2.45, 2.75) is 39.0 Å². The predicted molar refractivity (Wildman–Crippen MR) is 106 cm³/mol. The maximum absolute atomic E-state index is 13.3. The number of pyridine rings is 1. The van der Waals surface area contributed by atoms with E-state index in [1.165, 1.54) is 0 Å². The van der Waals surface area contributed by atoms with Gasteiger partial charge in [0.1, 0.15) is 5.82 Å². The third kappa shape index (κ3) is 2.34. The number of carbonyl (C=O) groups is 1. The summed E-state index contributed by atoms with van der Waals surface area (Å²) in [6, 6.07) is 12.2. The minimum Gasteiger partial charge on any atom is -0.343 e. The van der Waals surface area contributed by atoms with Crippen molar-refractivity contribution in [2.75, 3.05) is 5.32 Å². The van der Waals surface area contributed by atoms with Gasteiger partial charge in [-0.25, -0.2) is 4.98 Å². The summed E-state index contributed by atoms with van der Waals surface area (Å²) in [5, 5.41) is 3.48. The number of rotatable bonds is 2. The Morgan fingerprint density at radius 1 is 1.12 bits per heavy atom. The molecule has 4 rings (SSSR count). The number of hydrogen-bond donors (Lipinski definition) is 1. The van der Waals surface area contributed by atoms with Gasteiger partial charge in [0, 0.05) is 29.5 Å². The van der Waals surface area contributed by atoms with E-state index in [2.05, 4.69) is 49.8 Å². The Hall–Kier alpha value is -2.68. The summed E-state index contributed by atoms with van der Waals surface area (Å²) in [5.74, 6) is 1.05. The van der Waals surface area contributed by atoms with E-state index in [1.54, 1.807) is 6.20 Å². The van der Waals surface area contributed by atoms with E-state index >= 15 is 0 Å². The highest BCUT2D eigenvalue weighted by Gasteiger charge is 2.48. The first kappa shape index (κ1) is 16.8. The summed E-state index contributed by atoms with van der Waals surface area (Å²) in [5.41, 5.74) is 4.47. The zero-order valence-corrected chi connectivity index (χ0v) is 15.6. The molecule has 1 aromatic heterocycles. The van der Waals surface area contributed by atoms with Gasteiger partial charge in [-0.05, 0) is 36.0 Å². The number of Topliss-reactive ketones (excluding diaryl/α,β-unsaturated/α-hetero) is 1. The first-order valence-electron chi connectivity index (χ1n) is 9.08. The Labute approximate surface area is 154 Å². The largest absolute Gasteiger partial charge is 0.343 e. The minimum atomic E-state index is -0.539. The van der Waals surface area contributed by atoms with E-state index in [9.17, 15) is 4.79 Å². The molecule has 1 N–H and O–H groups in total. The molecule has 0 spiro atoms. The number of benzene rings is 1. The highest BCUT2D eigenvalue weighted by molar-refractivity contribution is 6.03. The minimum absolute atomic E-state index is 0.0476. The van der Waals surface area contributed by atoms with E-state index in [0.29, 0.717) is 6.42 Å². The number of ketones is 1. The SMILES string of the molecule is C=Cc1ccnc2c1C(C)(c1ccccc1)C1=C(CC(C)(C)CC1=O)N2. The Bertz CT molecular complexity index is 940. The van der Waals surface area contributed by atoms with Crippen LogP contribution in [0.5, 0.6) is 0 Å². The number of carbonyl (C=O) groups excluding carboxylic acids is 1. The van der Waals surface area contributed by atoms with E-state index in [-0.39, 0.29) is 11.2 Å². The molecule has 0 amide bonds. The molecule has 0 saturated carbocycles. The number of allylic oxidation sites excluding steroid dienone is 2. The van der Waals surface area contributed by atoms with Crippen molar-refractivity contribution in [3.8, 4) is 0 Å². The van der Waals surface area contributed by atoms with Crippen molar-refractivity contribution in [3.63, 3.8) is 0 Å². The molecule has 0 bridgehead atoms. The number of hydrogen-bond acceptors (Lipinski definition) is 3. The van der Waals surface area contributed by atoms with Gasteiger partial charge in [-0.15, -0.1) is 0 Å². The Morgan fingerprint density at radius 2 is 1.85 bits per heavy atom. The molecule has 2 aromatic rings. The molecule has 0 radical (unpaired) electrons. The lowest BCUT2D eigenvalue weighted by molar-refractivity contribution is -0.118. The average molecular weight is 344 g/mol. The van der Waals surface area contributed by atoms with Crippen LogP contribution in [0.4, 0.5) is 5.82 Å². The Balaban J connectivity index is 2.07. The summed E-state index contributed by atoms with van der Waals surface area (Å²) >= 11 is 0. The van der Waals surface area contributed by atoms with Gasteiger partial charge in [0.2, 0.25) is 0 Å². The summed E-state index contributed by atoms with van der Waals surface area (Å²) in [4.78, 5) is 17.9. The second kappa shape index (κ2) is 5.66. The first-order valence-corrected chi connectivity index (χ1v) is 9.08. The van der Waals surface area contributed by atoms with E-state index in [1.807, 2.05) is 30.3 Å². The number of nitrogens with one attached hydrogen (secondary N) is 1. The maximum atomic E-state index is 13.3. The fourth-order valence-corrected chi connectivity index (χ4v) is 4.60. The van der Waals surface area contributed by atoms with Crippen LogP contribution in [0.2, 0.25) is 0 Å². The summed E-state index contributed by atoms with van der Waals surface area (Å²) in [7, 11) is 0. The molecule has 3 nitrogen and oxygen atoms in total. The highest BCUT2D eigenvalue weighted by atomic mass is 16.1. The van der Waals surface area contributed by atoms with Crippen LogP contribution in [0.15, 0.2) is 60.4 Å². The van der Waals surface area contributed by atoms with Crippen LogP contribution in [-0.2, 0) is 10.2 Å². The summed E-state index contributed by atoms with van der Waals surface area (Å²) in [6.45, 7) is 10.4. The standard InChI is InChI=1S/C23H24N2O/c1-5-15-11-12-24-21-19(15)23(4,16-9-7-6-8-10-16)20-17(25-21)13-22(2,3)14-18(20)26/h5-12H,1,13-14H2,2-4H3,(H,24,25). The lowest BCUT2D eigenvalue weighted by Crippen LogP contribution is -2.42. The molecule has 1 unspecified atom stereocenters. The van der Waals surface area contributed by atoms with Gasteiger partial charge in [0.15, 0.2) is 5.78 Å². The van der Waals surface area contributed by atoms with E-state index in [0.717, 1.165) is 40.2 Å². The molecule has 1 aromatic carbocycles. The number of nitrogens with zero attached hydrogens (tertiary/aromatic N) is 1. The zero-order chi connectivity index (χ0) is 18.5. The monoisotopic (exact) mass is 344 g/mol. The van der Waals surface area contributed by atoms with Crippen LogP contribution >= 0.6 is 0 Å². The topological polar surface area (TPSA) is 42.0 Å². The third-order valence-electron chi connectivity index (χ3n) is 5.70. The zero-order valence-electron chi connectivity index (χ0n) is 15.6. The molecule has 2 aliphatic rings. The quantitative estimate of drug-likeness (QED) is 0.824. The van der Waals surface area contributed by atoms with Gasteiger partial charge in [0.25, 0.3) is 0 Å². The fourth-order valence-electron chi connectivity index (χ4n) is 4.60. The lowest BCUT2D eigenvalue weighted by atomic mass is 9.61. The van der Waals surface area contributed by atoms with Crippen molar-refractivity contribution < 1.29 is 4.79 Å². The van der Waals surface area contributed by atoms with Crippen LogP contribution in [0.1, 0.15) is 50.3 Å². The van der Waals surface area contributed by atoms with Crippen molar-refractivity contribution in [1.82, 2.24) is 4.98 Å². The van der Waals surface area contributed by atoms with Crippen LogP contribution in [-0.4, -0.2) is 10.8 Å². The third-order valence-corrected chi connectivity index (χ3v) is 5.70. The maximum Gasteiger partial charge on any atom is 0.162 e. The van der Waals surface area contributed by atoms with Crippen molar-refractivity contribution >= 4 is 17.7 Å². The fraction of sp³-hybridized carbons (Fsp3) is 0.304. The van der Waals surface area contributed by atoms with Crippen LogP contribution in [0.3, 0.4) is 0 Å². The lowest BCUT2D eigenvalue weighted by Gasteiger charge is -2.45. The van der Waals surface area contributed by atoms with E-state index < -0.39 is 5.41 Å². The van der Waals surface area contributed by atoms with Gasteiger partial charge >= 0.3 is 0 Å².